The van der Waals surface area contributed by atoms with Gasteiger partial charge in [0.05, 0.1) is 5.56 Å². The molecule has 0 spiro atoms. The van der Waals surface area contributed by atoms with Crippen molar-refractivity contribution in [2.24, 2.45) is 0 Å². The largest absolute Gasteiger partial charge is 0.479 e. The van der Waals surface area contributed by atoms with Crippen LogP contribution in [-0.4, -0.2) is 16.2 Å². The van der Waals surface area contributed by atoms with Crippen molar-refractivity contribution in [3.05, 3.63) is 29.1 Å². The zero-order valence-corrected chi connectivity index (χ0v) is 8.12. The highest BCUT2D eigenvalue weighted by Gasteiger charge is 2.35. The quantitative estimate of drug-likeness (QED) is 0.551. The summed E-state index contributed by atoms with van der Waals surface area (Å²) in [6.45, 7) is 0. The van der Waals surface area contributed by atoms with Gasteiger partial charge in [-0.1, -0.05) is 0 Å². The van der Waals surface area contributed by atoms with Crippen LogP contribution in [0.2, 0.25) is 0 Å². The average molecular weight is 253 g/mol. The van der Waals surface area contributed by atoms with E-state index < -0.39 is 40.9 Å². The van der Waals surface area contributed by atoms with E-state index in [4.69, 9.17) is 15.9 Å². The van der Waals surface area contributed by atoms with E-state index in [9.17, 15) is 22.4 Å². The Labute approximate surface area is 92.3 Å². The molecule has 0 saturated carbocycles. The lowest BCUT2D eigenvalue weighted by atomic mass is 10.0. The van der Waals surface area contributed by atoms with E-state index in [0.717, 1.165) is 0 Å². The number of halogens is 4. The monoisotopic (exact) mass is 253 g/mol. The number of aliphatic carboxylic acids is 1. The first kappa shape index (κ1) is 13.2. The van der Waals surface area contributed by atoms with Crippen LogP contribution in [-0.2, 0) is 11.0 Å². The number of aliphatic hydroxyl groups excluding tert-OH is 1. The van der Waals surface area contributed by atoms with Crippen LogP contribution in [0.3, 0.4) is 0 Å². The van der Waals surface area contributed by atoms with E-state index in [1.807, 2.05) is 0 Å². The van der Waals surface area contributed by atoms with Crippen molar-refractivity contribution in [2.45, 2.75) is 12.3 Å². The third kappa shape index (κ3) is 2.64. The van der Waals surface area contributed by atoms with Crippen molar-refractivity contribution in [1.82, 2.24) is 0 Å². The van der Waals surface area contributed by atoms with Crippen LogP contribution in [0.4, 0.5) is 23.2 Å². The van der Waals surface area contributed by atoms with E-state index in [2.05, 4.69) is 0 Å². The highest BCUT2D eigenvalue weighted by molar-refractivity contribution is 5.74. The van der Waals surface area contributed by atoms with Gasteiger partial charge in [0.2, 0.25) is 0 Å². The Bertz CT molecular complexity index is 458. The van der Waals surface area contributed by atoms with Crippen LogP contribution in [0.5, 0.6) is 0 Å². The highest BCUT2D eigenvalue weighted by Crippen LogP contribution is 2.36. The van der Waals surface area contributed by atoms with Gasteiger partial charge in [0.1, 0.15) is 5.82 Å². The average Bonchev–Trinajstić information content (AvgIpc) is 2.14. The minimum atomic E-state index is -4.86. The number of carbonyl (C=O) groups is 1. The molecule has 0 heterocycles. The Morgan fingerprint density at radius 3 is 2.29 bits per heavy atom. The standard InChI is InChI=1S/C9H7F4NO3/c10-5-2-6(14)4(9(11,12)13)1-3(5)7(15)8(16)17/h1-2,7,15H,14H2,(H,16,17). The third-order valence-electron chi connectivity index (χ3n) is 2.00. The molecule has 0 aliphatic heterocycles. The van der Waals surface area contributed by atoms with Gasteiger partial charge in [-0.3, -0.25) is 0 Å². The fourth-order valence-corrected chi connectivity index (χ4v) is 1.19. The Balaban J connectivity index is 3.39. The predicted octanol–water partition coefficient (Wildman–Crippen LogP) is 1.54. The van der Waals surface area contributed by atoms with E-state index in [-0.39, 0.29) is 6.07 Å². The second-order valence-corrected chi connectivity index (χ2v) is 3.20. The number of rotatable bonds is 2. The summed E-state index contributed by atoms with van der Waals surface area (Å²) in [5.41, 5.74) is 1.70. The van der Waals surface area contributed by atoms with Crippen LogP contribution >= 0.6 is 0 Å². The van der Waals surface area contributed by atoms with Crippen molar-refractivity contribution in [3.63, 3.8) is 0 Å². The Hall–Kier alpha value is -1.83. The van der Waals surface area contributed by atoms with Crippen molar-refractivity contribution in [3.8, 4) is 0 Å². The maximum atomic E-state index is 13.2. The number of hydrogen-bond acceptors (Lipinski definition) is 3. The minimum absolute atomic E-state index is 0.184. The molecule has 0 aromatic heterocycles. The SMILES string of the molecule is Nc1cc(F)c(C(O)C(=O)O)cc1C(F)(F)F. The number of carboxylic acid groups (broad SMARTS) is 1. The lowest BCUT2D eigenvalue weighted by Gasteiger charge is -2.14. The van der Waals surface area contributed by atoms with Crippen molar-refractivity contribution in [2.75, 3.05) is 5.73 Å². The summed E-state index contributed by atoms with van der Waals surface area (Å²) in [4.78, 5) is 10.4. The molecule has 0 amide bonds. The van der Waals surface area contributed by atoms with Gasteiger partial charge in [-0.2, -0.15) is 13.2 Å². The lowest BCUT2D eigenvalue weighted by Crippen LogP contribution is -2.16. The Morgan fingerprint density at radius 1 is 1.35 bits per heavy atom. The van der Waals surface area contributed by atoms with Crippen LogP contribution in [0, 0.1) is 5.82 Å². The molecule has 0 fully saturated rings. The van der Waals surface area contributed by atoms with Crippen molar-refractivity contribution >= 4 is 11.7 Å². The molecule has 1 atom stereocenters. The van der Waals surface area contributed by atoms with E-state index in [0.29, 0.717) is 6.07 Å². The Kier molecular flexibility index (Phi) is 3.28. The summed E-state index contributed by atoms with van der Waals surface area (Å²) in [7, 11) is 0. The first-order valence-electron chi connectivity index (χ1n) is 4.21. The summed E-state index contributed by atoms with van der Waals surface area (Å²) >= 11 is 0. The molecule has 0 aliphatic rings. The van der Waals surface area contributed by atoms with E-state index >= 15 is 0 Å². The first-order valence-corrected chi connectivity index (χ1v) is 4.21. The molecule has 0 aliphatic carbocycles. The first-order chi connectivity index (χ1) is 7.64. The Morgan fingerprint density at radius 2 is 1.88 bits per heavy atom. The molecule has 1 aromatic rings. The molecule has 1 unspecified atom stereocenters. The molecule has 1 rings (SSSR count). The molecule has 0 radical (unpaired) electrons. The smallest absolute Gasteiger partial charge is 0.418 e. The van der Waals surface area contributed by atoms with Gasteiger partial charge in [-0.05, 0) is 12.1 Å². The zero-order chi connectivity index (χ0) is 13.4. The highest BCUT2D eigenvalue weighted by atomic mass is 19.4. The molecule has 94 valence electrons. The minimum Gasteiger partial charge on any atom is -0.479 e. The van der Waals surface area contributed by atoms with E-state index in [1.54, 1.807) is 0 Å². The fraction of sp³-hybridized carbons (Fsp3) is 0.222. The molecule has 4 nitrogen and oxygen atoms in total. The van der Waals surface area contributed by atoms with Gasteiger partial charge in [0.15, 0.2) is 6.10 Å². The lowest BCUT2D eigenvalue weighted by molar-refractivity contribution is -0.147. The normalized spacial score (nSPS) is 13.5. The molecule has 8 heteroatoms. The van der Waals surface area contributed by atoms with Crippen LogP contribution in [0.1, 0.15) is 17.2 Å². The number of benzene rings is 1. The second-order valence-electron chi connectivity index (χ2n) is 3.20. The van der Waals surface area contributed by atoms with Gasteiger partial charge in [0.25, 0.3) is 0 Å². The number of nitrogen functional groups attached to an aromatic ring is 1. The summed E-state index contributed by atoms with van der Waals surface area (Å²) in [6.07, 6.45) is -7.23. The number of aliphatic hydroxyl groups is 1. The molecule has 17 heavy (non-hydrogen) atoms. The molecule has 0 bridgehead atoms. The summed E-state index contributed by atoms with van der Waals surface area (Å²) < 4.78 is 50.3. The van der Waals surface area contributed by atoms with Gasteiger partial charge in [-0.15, -0.1) is 0 Å². The number of carboxylic acids is 1. The molecule has 4 N–H and O–H groups in total. The summed E-state index contributed by atoms with van der Waals surface area (Å²) in [5.74, 6) is -3.17. The van der Waals surface area contributed by atoms with Crippen LogP contribution in [0.25, 0.3) is 0 Å². The van der Waals surface area contributed by atoms with E-state index in [1.165, 1.54) is 0 Å². The van der Waals surface area contributed by atoms with Crippen molar-refractivity contribution < 1.29 is 32.6 Å². The number of anilines is 1. The molecular weight excluding hydrogens is 246 g/mol. The van der Waals surface area contributed by atoms with Crippen molar-refractivity contribution in [1.29, 1.82) is 0 Å². The molecule has 1 aromatic carbocycles. The predicted molar refractivity (Wildman–Crippen MR) is 48.4 cm³/mol. The fourth-order valence-electron chi connectivity index (χ4n) is 1.19. The topological polar surface area (TPSA) is 83.5 Å². The molecular formula is C9H7F4NO3. The maximum absolute atomic E-state index is 13.2. The van der Waals surface area contributed by atoms with Gasteiger partial charge >= 0.3 is 12.1 Å². The second kappa shape index (κ2) is 4.21. The van der Waals surface area contributed by atoms with Crippen LogP contribution < -0.4 is 5.73 Å². The van der Waals surface area contributed by atoms with Gasteiger partial charge in [-0.25, -0.2) is 9.18 Å². The zero-order valence-electron chi connectivity index (χ0n) is 8.12. The third-order valence-corrected chi connectivity index (χ3v) is 2.00. The summed E-state index contributed by atoms with van der Waals surface area (Å²) in [5, 5.41) is 17.4. The van der Waals surface area contributed by atoms with Gasteiger partial charge < -0.3 is 15.9 Å². The maximum Gasteiger partial charge on any atom is 0.418 e. The van der Waals surface area contributed by atoms with Crippen LogP contribution in [0.15, 0.2) is 12.1 Å². The van der Waals surface area contributed by atoms with Gasteiger partial charge in [0, 0.05) is 11.3 Å². The number of alkyl halides is 3. The molecule has 0 saturated heterocycles. The number of hydrogen-bond donors (Lipinski definition) is 3. The number of nitrogens with two attached hydrogens (primary N) is 1. The summed E-state index contributed by atoms with van der Waals surface area (Å²) in [6, 6.07) is 0.508.